The Balaban J connectivity index is 2.43. The van der Waals surface area contributed by atoms with Crippen molar-refractivity contribution in [1.82, 2.24) is 10.2 Å². The van der Waals surface area contributed by atoms with E-state index in [-0.39, 0.29) is 12.5 Å². The van der Waals surface area contributed by atoms with E-state index in [0.29, 0.717) is 12.2 Å². The molecular weight excluding hydrogens is 426 g/mol. The van der Waals surface area contributed by atoms with Crippen molar-refractivity contribution in [3.8, 4) is 0 Å². The van der Waals surface area contributed by atoms with Crippen molar-refractivity contribution in [2.75, 3.05) is 23.7 Å². The standard InChI is InChI=1S/C24H33N3O4S/c1-7-25-24(29)20(5)26(15-21-11-9-8-10-19(21)4)23(28)16-27(32(6,30)31)22-13-17(2)12-18(3)14-22/h8-14,20H,7,15-16H2,1-6H3,(H,25,29)/t20-/m0/s1. The van der Waals surface area contributed by atoms with Crippen LogP contribution in [-0.4, -0.2) is 50.5 Å². The Labute approximate surface area is 191 Å². The van der Waals surface area contributed by atoms with E-state index in [4.69, 9.17) is 0 Å². The van der Waals surface area contributed by atoms with Crippen molar-refractivity contribution in [3.05, 3.63) is 64.7 Å². The van der Waals surface area contributed by atoms with E-state index in [0.717, 1.165) is 32.8 Å². The van der Waals surface area contributed by atoms with E-state index in [9.17, 15) is 18.0 Å². The molecule has 2 amide bonds. The van der Waals surface area contributed by atoms with E-state index in [2.05, 4.69) is 5.32 Å². The monoisotopic (exact) mass is 459 g/mol. The molecule has 1 atom stereocenters. The number of nitrogens with one attached hydrogen (secondary N) is 1. The molecule has 0 saturated carbocycles. The molecule has 0 bridgehead atoms. The summed E-state index contributed by atoms with van der Waals surface area (Å²) in [6.07, 6.45) is 1.08. The van der Waals surface area contributed by atoms with E-state index in [1.807, 2.05) is 58.0 Å². The molecule has 0 radical (unpaired) electrons. The number of carbonyl (C=O) groups is 2. The summed E-state index contributed by atoms with van der Waals surface area (Å²) in [7, 11) is -3.73. The lowest BCUT2D eigenvalue weighted by Gasteiger charge is -2.32. The number of benzene rings is 2. The molecule has 1 N–H and O–H groups in total. The van der Waals surface area contributed by atoms with Gasteiger partial charge < -0.3 is 10.2 Å². The third-order valence-electron chi connectivity index (χ3n) is 5.29. The fraction of sp³-hybridized carbons (Fsp3) is 0.417. The van der Waals surface area contributed by atoms with Gasteiger partial charge in [0.15, 0.2) is 0 Å². The molecular formula is C24H33N3O4S. The van der Waals surface area contributed by atoms with Crippen LogP contribution in [0.15, 0.2) is 42.5 Å². The minimum absolute atomic E-state index is 0.203. The number of sulfonamides is 1. The van der Waals surface area contributed by atoms with Crippen molar-refractivity contribution in [1.29, 1.82) is 0 Å². The smallest absolute Gasteiger partial charge is 0.244 e. The molecule has 2 aromatic rings. The molecule has 0 aliphatic rings. The van der Waals surface area contributed by atoms with E-state index in [1.54, 1.807) is 19.1 Å². The third kappa shape index (κ3) is 6.56. The van der Waals surface area contributed by atoms with Crippen molar-refractivity contribution < 1.29 is 18.0 Å². The molecule has 2 rings (SSSR count). The molecule has 8 heteroatoms. The summed E-state index contributed by atoms with van der Waals surface area (Å²) >= 11 is 0. The molecule has 32 heavy (non-hydrogen) atoms. The number of aryl methyl sites for hydroxylation is 3. The molecule has 174 valence electrons. The number of rotatable bonds is 9. The third-order valence-corrected chi connectivity index (χ3v) is 6.43. The van der Waals surface area contributed by atoms with Crippen LogP contribution in [0.3, 0.4) is 0 Å². The summed E-state index contributed by atoms with van der Waals surface area (Å²) in [4.78, 5) is 27.5. The normalized spacial score (nSPS) is 12.2. The zero-order chi connectivity index (χ0) is 24.1. The first-order valence-electron chi connectivity index (χ1n) is 10.6. The molecule has 0 saturated heterocycles. The van der Waals surface area contributed by atoms with Crippen LogP contribution in [0.5, 0.6) is 0 Å². The summed E-state index contributed by atoms with van der Waals surface area (Å²) in [5, 5.41) is 2.75. The Kier molecular flexibility index (Phi) is 8.44. The Morgan fingerprint density at radius 2 is 1.62 bits per heavy atom. The minimum atomic E-state index is -3.73. The highest BCUT2D eigenvalue weighted by atomic mass is 32.2. The van der Waals surface area contributed by atoms with Gasteiger partial charge in [0.05, 0.1) is 11.9 Å². The SMILES string of the molecule is CCNC(=O)[C@H](C)N(Cc1ccccc1C)C(=O)CN(c1cc(C)cc(C)c1)S(C)(=O)=O. The number of nitrogens with zero attached hydrogens (tertiary/aromatic N) is 2. The summed E-state index contributed by atoms with van der Waals surface area (Å²) in [5.74, 6) is -0.733. The zero-order valence-corrected chi connectivity index (χ0v) is 20.5. The number of amides is 2. The topological polar surface area (TPSA) is 86.8 Å². The fourth-order valence-electron chi connectivity index (χ4n) is 3.58. The van der Waals surface area contributed by atoms with Crippen molar-refractivity contribution in [3.63, 3.8) is 0 Å². The maximum atomic E-state index is 13.4. The minimum Gasteiger partial charge on any atom is -0.355 e. The molecule has 7 nitrogen and oxygen atoms in total. The summed E-state index contributed by atoms with van der Waals surface area (Å²) in [5.41, 5.74) is 4.11. The van der Waals surface area contributed by atoms with Crippen molar-refractivity contribution in [2.24, 2.45) is 0 Å². The molecule has 0 spiro atoms. The van der Waals surface area contributed by atoms with Crippen LogP contribution < -0.4 is 9.62 Å². The molecule has 0 aliphatic carbocycles. The van der Waals surface area contributed by atoms with Gasteiger partial charge in [-0.2, -0.15) is 0 Å². The van der Waals surface area contributed by atoms with Gasteiger partial charge in [0.1, 0.15) is 12.6 Å². The lowest BCUT2D eigenvalue weighted by atomic mass is 10.1. The second kappa shape index (κ2) is 10.6. The highest BCUT2D eigenvalue weighted by Gasteiger charge is 2.30. The lowest BCUT2D eigenvalue weighted by molar-refractivity contribution is -0.139. The van der Waals surface area contributed by atoms with Crippen molar-refractivity contribution >= 4 is 27.5 Å². The van der Waals surface area contributed by atoms with Gasteiger partial charge in [0.2, 0.25) is 21.8 Å². The molecule has 0 unspecified atom stereocenters. The van der Waals surface area contributed by atoms with Crippen molar-refractivity contribution in [2.45, 2.75) is 47.2 Å². The first-order valence-corrected chi connectivity index (χ1v) is 12.5. The average molecular weight is 460 g/mol. The summed E-state index contributed by atoms with van der Waals surface area (Å²) in [6.45, 7) is 9.40. The van der Waals surface area contributed by atoms with Crippen LogP contribution in [0.25, 0.3) is 0 Å². The Morgan fingerprint density at radius 1 is 1.03 bits per heavy atom. The van der Waals surface area contributed by atoms with Crippen LogP contribution in [0, 0.1) is 20.8 Å². The van der Waals surface area contributed by atoms with Gasteiger partial charge in [0, 0.05) is 13.1 Å². The van der Waals surface area contributed by atoms with Gasteiger partial charge in [-0.1, -0.05) is 30.3 Å². The zero-order valence-electron chi connectivity index (χ0n) is 19.7. The molecule has 0 fully saturated rings. The molecule has 0 aromatic heterocycles. The van der Waals surface area contributed by atoms with Crippen LogP contribution in [0.1, 0.15) is 36.1 Å². The highest BCUT2D eigenvalue weighted by Crippen LogP contribution is 2.22. The predicted molar refractivity (Wildman–Crippen MR) is 128 cm³/mol. The molecule has 2 aromatic carbocycles. The maximum absolute atomic E-state index is 13.4. The van der Waals surface area contributed by atoms with E-state index >= 15 is 0 Å². The first-order chi connectivity index (χ1) is 14.9. The van der Waals surface area contributed by atoms with E-state index < -0.39 is 28.5 Å². The fourth-order valence-corrected chi connectivity index (χ4v) is 4.42. The number of anilines is 1. The van der Waals surface area contributed by atoms with Crippen LogP contribution in [0.4, 0.5) is 5.69 Å². The van der Waals surface area contributed by atoms with Crippen LogP contribution >= 0.6 is 0 Å². The largest absolute Gasteiger partial charge is 0.355 e. The Bertz CT molecular complexity index is 1060. The van der Waals surface area contributed by atoms with E-state index in [1.165, 1.54) is 4.90 Å². The molecule has 0 heterocycles. The highest BCUT2D eigenvalue weighted by molar-refractivity contribution is 7.92. The summed E-state index contributed by atoms with van der Waals surface area (Å²) < 4.78 is 26.3. The van der Waals surface area contributed by atoms with Gasteiger partial charge in [-0.15, -0.1) is 0 Å². The number of carbonyl (C=O) groups excluding carboxylic acids is 2. The van der Waals surface area contributed by atoms with Gasteiger partial charge in [0.25, 0.3) is 0 Å². The van der Waals surface area contributed by atoms with Gasteiger partial charge >= 0.3 is 0 Å². The van der Waals surface area contributed by atoms with Gasteiger partial charge in [-0.05, 0) is 69.0 Å². The average Bonchev–Trinajstić information content (AvgIpc) is 2.69. The van der Waals surface area contributed by atoms with Crippen LogP contribution in [0.2, 0.25) is 0 Å². The first kappa shape index (κ1) is 25.4. The molecule has 0 aliphatic heterocycles. The second-order valence-electron chi connectivity index (χ2n) is 8.13. The lowest BCUT2D eigenvalue weighted by Crippen LogP contribution is -2.51. The number of hydrogen-bond donors (Lipinski definition) is 1. The predicted octanol–water partition coefficient (Wildman–Crippen LogP) is 2.93. The van der Waals surface area contributed by atoms with Crippen LogP contribution in [-0.2, 0) is 26.2 Å². The van der Waals surface area contributed by atoms with Gasteiger partial charge in [-0.3, -0.25) is 13.9 Å². The second-order valence-corrected chi connectivity index (χ2v) is 10.0. The van der Waals surface area contributed by atoms with Gasteiger partial charge in [-0.25, -0.2) is 8.42 Å². The summed E-state index contributed by atoms with van der Waals surface area (Å²) in [6, 6.07) is 12.3. The maximum Gasteiger partial charge on any atom is 0.244 e. The number of likely N-dealkylation sites (N-methyl/N-ethyl adjacent to an activating group) is 1. The Morgan fingerprint density at radius 3 is 2.16 bits per heavy atom. The number of hydrogen-bond acceptors (Lipinski definition) is 4. The quantitative estimate of drug-likeness (QED) is 0.625. The Hall–Kier alpha value is -2.87.